The summed E-state index contributed by atoms with van der Waals surface area (Å²) >= 11 is 0. The zero-order valence-corrected chi connectivity index (χ0v) is 29.0. The Morgan fingerprint density at radius 1 is 0.812 bits per heavy atom. The summed E-state index contributed by atoms with van der Waals surface area (Å²) in [5.41, 5.74) is 6.81. The van der Waals surface area contributed by atoms with Crippen molar-refractivity contribution in [3.8, 4) is 17.2 Å². The molecule has 0 radical (unpaired) electrons. The van der Waals surface area contributed by atoms with Crippen molar-refractivity contribution in [2.45, 2.75) is 46.6 Å². The van der Waals surface area contributed by atoms with Gasteiger partial charge in [0.2, 0.25) is 0 Å². The number of nitro groups is 1. The Balaban J connectivity index is 1.64. The molecule has 0 fully saturated rings. The van der Waals surface area contributed by atoms with Crippen LogP contribution in [0.2, 0.25) is 0 Å². The zero-order chi connectivity index (χ0) is 34.5. The fourth-order valence-electron chi connectivity index (χ4n) is 5.91. The maximum atomic E-state index is 12.1. The van der Waals surface area contributed by atoms with Crippen molar-refractivity contribution in [3.05, 3.63) is 129 Å². The summed E-state index contributed by atoms with van der Waals surface area (Å²) in [6, 6.07) is 30.0. The average molecular weight is 653 g/mol. The molecule has 0 aliphatic heterocycles. The fourth-order valence-corrected chi connectivity index (χ4v) is 5.91. The van der Waals surface area contributed by atoms with Gasteiger partial charge in [0, 0.05) is 25.3 Å². The van der Waals surface area contributed by atoms with Gasteiger partial charge in [0.15, 0.2) is 0 Å². The van der Waals surface area contributed by atoms with Crippen LogP contribution in [0.5, 0.6) is 17.2 Å². The standard InChI is InChI=1S/C40H48N2O6/c1-7-36(30-13-11-10-12-14-30)40(31-15-19-34(20-16-31)47-26-24-41(8-2)9-3)32-17-21-35(22-18-32)48-29(4)37-28-39(46-6)33(23-25-45-5)27-38(37)42(43)44/h10-22,27-29H,7-9,23-26H2,1-6H3/b40-36+. The zero-order valence-electron chi connectivity index (χ0n) is 29.0. The molecule has 0 aromatic heterocycles. The van der Waals surface area contributed by atoms with E-state index in [0.29, 0.717) is 36.7 Å². The van der Waals surface area contributed by atoms with Crippen LogP contribution in [0.3, 0.4) is 0 Å². The maximum Gasteiger partial charge on any atom is 0.276 e. The van der Waals surface area contributed by atoms with Gasteiger partial charge in [0.05, 0.1) is 24.2 Å². The van der Waals surface area contributed by atoms with Crippen molar-refractivity contribution in [3.63, 3.8) is 0 Å². The van der Waals surface area contributed by atoms with E-state index in [0.717, 1.165) is 54.1 Å². The predicted octanol–water partition coefficient (Wildman–Crippen LogP) is 9.02. The van der Waals surface area contributed by atoms with Crippen molar-refractivity contribution in [2.75, 3.05) is 47.1 Å². The van der Waals surface area contributed by atoms with Gasteiger partial charge in [-0.15, -0.1) is 0 Å². The fraction of sp³-hybridized carbons (Fsp3) is 0.350. The van der Waals surface area contributed by atoms with Gasteiger partial charge in [-0.1, -0.05) is 75.4 Å². The summed E-state index contributed by atoms with van der Waals surface area (Å²) < 4.78 is 23.1. The molecule has 0 aliphatic rings. The van der Waals surface area contributed by atoms with E-state index in [2.05, 4.69) is 62.1 Å². The minimum Gasteiger partial charge on any atom is -0.496 e. The molecule has 1 unspecified atom stereocenters. The first-order chi connectivity index (χ1) is 23.3. The molecule has 4 rings (SSSR count). The van der Waals surface area contributed by atoms with Crippen molar-refractivity contribution < 1.29 is 23.9 Å². The quantitative estimate of drug-likeness (QED) is 0.0603. The summed E-state index contributed by atoms with van der Waals surface area (Å²) in [5, 5.41) is 12.1. The van der Waals surface area contributed by atoms with E-state index in [4.69, 9.17) is 18.9 Å². The van der Waals surface area contributed by atoms with Gasteiger partial charge in [-0.25, -0.2) is 0 Å². The highest BCUT2D eigenvalue weighted by atomic mass is 16.6. The third-order valence-corrected chi connectivity index (χ3v) is 8.59. The van der Waals surface area contributed by atoms with Gasteiger partial charge in [0.1, 0.15) is 30.0 Å². The lowest BCUT2D eigenvalue weighted by Gasteiger charge is -2.20. The van der Waals surface area contributed by atoms with E-state index in [1.54, 1.807) is 26.4 Å². The molecule has 1 atom stereocenters. The lowest BCUT2D eigenvalue weighted by atomic mass is 9.88. The van der Waals surface area contributed by atoms with Gasteiger partial charge in [-0.2, -0.15) is 0 Å². The summed E-state index contributed by atoms with van der Waals surface area (Å²) in [7, 11) is 3.16. The molecule has 0 saturated carbocycles. The van der Waals surface area contributed by atoms with Crippen molar-refractivity contribution in [1.29, 1.82) is 0 Å². The largest absolute Gasteiger partial charge is 0.496 e. The van der Waals surface area contributed by atoms with E-state index in [9.17, 15) is 10.1 Å². The number of likely N-dealkylation sites (N-methyl/N-ethyl adjacent to an activating group) is 1. The van der Waals surface area contributed by atoms with Gasteiger partial charge < -0.3 is 23.8 Å². The van der Waals surface area contributed by atoms with Gasteiger partial charge in [0.25, 0.3) is 5.69 Å². The van der Waals surface area contributed by atoms with Crippen LogP contribution < -0.4 is 14.2 Å². The Morgan fingerprint density at radius 2 is 1.44 bits per heavy atom. The molecule has 0 N–H and O–H groups in total. The van der Waals surface area contributed by atoms with Gasteiger partial charge >= 0.3 is 0 Å². The van der Waals surface area contributed by atoms with Crippen LogP contribution in [0.25, 0.3) is 11.1 Å². The number of allylic oxidation sites excluding steroid dienone is 1. The topological polar surface area (TPSA) is 83.3 Å². The average Bonchev–Trinajstić information content (AvgIpc) is 3.12. The molecular formula is C40H48N2O6. The second-order valence-corrected chi connectivity index (χ2v) is 11.5. The first-order valence-corrected chi connectivity index (χ1v) is 16.7. The number of rotatable bonds is 18. The summed E-state index contributed by atoms with van der Waals surface area (Å²) in [6.45, 7) is 12.3. The molecule has 0 spiro atoms. The Labute approximate surface area is 285 Å². The molecule has 4 aromatic carbocycles. The highest BCUT2D eigenvalue weighted by molar-refractivity contribution is 5.98. The number of ether oxygens (including phenoxy) is 4. The number of hydrogen-bond acceptors (Lipinski definition) is 7. The first kappa shape index (κ1) is 36.2. The lowest BCUT2D eigenvalue weighted by molar-refractivity contribution is -0.386. The number of nitrogens with zero attached hydrogens (tertiary/aromatic N) is 2. The molecule has 0 saturated heterocycles. The second-order valence-electron chi connectivity index (χ2n) is 11.5. The molecule has 8 heteroatoms. The number of benzene rings is 4. The Hall–Kier alpha value is -4.66. The SMILES string of the molecule is CC/C(=C(/c1ccc(OCCN(CC)CC)cc1)c1ccc(OC(C)c2cc(OC)c(CCOC)cc2[N+](=O)[O-])cc1)c1ccccc1. The van der Waals surface area contributed by atoms with Crippen LogP contribution in [0, 0.1) is 10.1 Å². The van der Waals surface area contributed by atoms with Crippen molar-refractivity contribution in [1.82, 2.24) is 4.90 Å². The van der Waals surface area contributed by atoms with E-state index in [1.807, 2.05) is 49.4 Å². The minimum atomic E-state index is -0.596. The van der Waals surface area contributed by atoms with Crippen LogP contribution in [-0.2, 0) is 11.2 Å². The molecule has 254 valence electrons. The number of nitro benzene ring substituents is 1. The Morgan fingerprint density at radius 3 is 1.98 bits per heavy atom. The molecule has 0 heterocycles. The Kier molecular flexibility index (Phi) is 13.6. The molecule has 8 nitrogen and oxygen atoms in total. The van der Waals surface area contributed by atoms with E-state index >= 15 is 0 Å². The molecule has 0 bridgehead atoms. The second kappa shape index (κ2) is 18.0. The Bertz CT molecular complexity index is 1630. The predicted molar refractivity (Wildman–Crippen MR) is 193 cm³/mol. The first-order valence-electron chi connectivity index (χ1n) is 16.7. The molecule has 48 heavy (non-hydrogen) atoms. The van der Waals surface area contributed by atoms with Gasteiger partial charge in [-0.05, 0) is 91.0 Å². The monoisotopic (exact) mass is 652 g/mol. The third-order valence-electron chi connectivity index (χ3n) is 8.59. The minimum absolute atomic E-state index is 0.00725. The van der Waals surface area contributed by atoms with Crippen LogP contribution in [0.15, 0.2) is 91.0 Å². The number of hydrogen-bond donors (Lipinski definition) is 0. The third kappa shape index (κ3) is 9.24. The molecular weight excluding hydrogens is 604 g/mol. The molecule has 4 aromatic rings. The molecule has 0 amide bonds. The van der Waals surface area contributed by atoms with Crippen molar-refractivity contribution in [2.24, 2.45) is 0 Å². The maximum absolute atomic E-state index is 12.1. The highest BCUT2D eigenvalue weighted by Gasteiger charge is 2.24. The molecule has 0 aliphatic carbocycles. The smallest absolute Gasteiger partial charge is 0.276 e. The lowest BCUT2D eigenvalue weighted by Crippen LogP contribution is -2.27. The summed E-state index contributed by atoms with van der Waals surface area (Å²) in [5.74, 6) is 2.02. The number of methoxy groups -OCH3 is 2. The summed E-state index contributed by atoms with van der Waals surface area (Å²) in [4.78, 5) is 14.0. The van der Waals surface area contributed by atoms with E-state index in [-0.39, 0.29) is 10.6 Å². The van der Waals surface area contributed by atoms with E-state index < -0.39 is 6.10 Å². The van der Waals surface area contributed by atoms with Crippen molar-refractivity contribution >= 4 is 16.8 Å². The van der Waals surface area contributed by atoms with Crippen LogP contribution in [0.1, 0.15) is 68.0 Å². The van der Waals surface area contributed by atoms with Gasteiger partial charge in [-0.3, -0.25) is 10.1 Å². The van der Waals surface area contributed by atoms with E-state index in [1.165, 1.54) is 11.1 Å². The van der Waals surface area contributed by atoms with Crippen LogP contribution in [0.4, 0.5) is 5.69 Å². The summed E-state index contributed by atoms with van der Waals surface area (Å²) in [6.07, 6.45) is 0.743. The van der Waals surface area contributed by atoms with Crippen LogP contribution >= 0.6 is 0 Å². The van der Waals surface area contributed by atoms with Crippen LogP contribution in [-0.4, -0.2) is 56.9 Å². The normalized spacial score (nSPS) is 12.4. The highest BCUT2D eigenvalue weighted by Crippen LogP contribution is 2.38.